The van der Waals surface area contributed by atoms with Crippen LogP contribution in [0.15, 0.2) is 17.7 Å². The molecule has 0 saturated carbocycles. The van der Waals surface area contributed by atoms with Crippen LogP contribution in [-0.4, -0.2) is 34.4 Å². The van der Waals surface area contributed by atoms with Crippen molar-refractivity contribution in [3.63, 3.8) is 0 Å². The van der Waals surface area contributed by atoms with Crippen LogP contribution in [0.4, 0.5) is 0 Å². The van der Waals surface area contributed by atoms with Crippen LogP contribution in [-0.2, 0) is 0 Å². The van der Waals surface area contributed by atoms with Gasteiger partial charge in [-0.25, -0.2) is 0 Å². The number of likely N-dealkylation sites (N-methyl/N-ethyl adjacent to an activating group) is 1. The molecule has 1 rings (SSSR count). The maximum Gasteiger partial charge on any atom is 0.203 e. The number of benzene rings is 1. The van der Waals surface area contributed by atoms with E-state index >= 15 is 0 Å². The minimum Gasteiger partial charge on any atom is -0.493 e. The smallest absolute Gasteiger partial charge is 0.203 e. The lowest BCUT2D eigenvalue weighted by molar-refractivity contribution is 0.324. The highest BCUT2D eigenvalue weighted by atomic mass is 16.5. The molecule has 4 heteroatoms. The topological polar surface area (TPSA) is 39.7 Å². The van der Waals surface area contributed by atoms with Gasteiger partial charge in [0.15, 0.2) is 11.5 Å². The summed E-state index contributed by atoms with van der Waals surface area (Å²) in [7, 11) is 4.86. The van der Waals surface area contributed by atoms with Gasteiger partial charge >= 0.3 is 0 Å². The lowest BCUT2D eigenvalue weighted by atomic mass is 10.1. The van der Waals surface area contributed by atoms with E-state index in [9.17, 15) is 0 Å². The molecule has 0 unspecified atom stereocenters. The Morgan fingerprint density at radius 3 is 2.32 bits per heavy atom. The van der Waals surface area contributed by atoms with E-state index in [4.69, 9.17) is 14.2 Å². The summed E-state index contributed by atoms with van der Waals surface area (Å²) in [5.74, 6) is 1.98. The van der Waals surface area contributed by atoms with Gasteiger partial charge in [0.1, 0.15) is 0 Å². The maximum atomic E-state index is 5.45. The molecule has 1 aromatic carbocycles. The van der Waals surface area contributed by atoms with Crippen molar-refractivity contribution >= 4 is 6.08 Å². The Hall–Kier alpha value is -1.68. The predicted molar refractivity (Wildman–Crippen MR) is 78.3 cm³/mol. The zero-order valence-electron chi connectivity index (χ0n) is 12.4. The fourth-order valence-electron chi connectivity index (χ4n) is 1.88. The molecule has 1 aromatic rings. The Balaban J connectivity index is 3.14. The Morgan fingerprint density at radius 1 is 1.11 bits per heavy atom. The minimum absolute atomic E-state index is 0.620. The predicted octanol–water partition coefficient (Wildman–Crippen LogP) is 2.73. The first kappa shape index (κ1) is 15.4. The summed E-state index contributed by atoms with van der Waals surface area (Å²) in [5.41, 5.74) is 2.21. The largest absolute Gasteiger partial charge is 0.493 e. The number of hydrogen-bond donors (Lipinski definition) is 1. The van der Waals surface area contributed by atoms with Gasteiger partial charge in [0.25, 0.3) is 0 Å². The van der Waals surface area contributed by atoms with E-state index in [0.717, 1.165) is 18.7 Å². The van der Waals surface area contributed by atoms with Crippen LogP contribution in [0.25, 0.3) is 6.08 Å². The van der Waals surface area contributed by atoms with Crippen molar-refractivity contribution < 1.29 is 14.2 Å². The fraction of sp³-hybridized carbons (Fsp3) is 0.467. The number of methoxy groups -OCH3 is 3. The van der Waals surface area contributed by atoms with E-state index in [1.807, 2.05) is 12.1 Å². The van der Waals surface area contributed by atoms with Crippen LogP contribution >= 0.6 is 0 Å². The van der Waals surface area contributed by atoms with Crippen LogP contribution in [0.3, 0.4) is 0 Å². The summed E-state index contributed by atoms with van der Waals surface area (Å²) in [4.78, 5) is 0. The monoisotopic (exact) mass is 265 g/mol. The van der Waals surface area contributed by atoms with Crippen molar-refractivity contribution in [1.82, 2.24) is 5.32 Å². The normalized spacial score (nSPS) is 11.3. The summed E-state index contributed by atoms with van der Waals surface area (Å²) in [6, 6.07) is 3.85. The molecule has 0 aliphatic carbocycles. The van der Waals surface area contributed by atoms with Gasteiger partial charge in [-0.05, 0) is 25.6 Å². The SMILES string of the molecule is CCNCC(C)=Cc1ccc(OC)c(OC)c1OC. The second-order valence-electron chi connectivity index (χ2n) is 4.19. The highest BCUT2D eigenvalue weighted by Gasteiger charge is 2.14. The van der Waals surface area contributed by atoms with Crippen molar-refractivity contribution in [2.24, 2.45) is 0 Å². The van der Waals surface area contributed by atoms with Gasteiger partial charge < -0.3 is 19.5 Å². The van der Waals surface area contributed by atoms with Crippen LogP contribution in [0.5, 0.6) is 17.2 Å². The maximum absolute atomic E-state index is 5.45. The third-order valence-electron chi connectivity index (χ3n) is 2.79. The highest BCUT2D eigenvalue weighted by Crippen LogP contribution is 2.40. The fourth-order valence-corrected chi connectivity index (χ4v) is 1.88. The van der Waals surface area contributed by atoms with E-state index in [0.29, 0.717) is 17.2 Å². The lowest BCUT2D eigenvalue weighted by Gasteiger charge is -2.14. The molecule has 1 N–H and O–H groups in total. The lowest BCUT2D eigenvalue weighted by Crippen LogP contribution is -2.14. The molecule has 0 aromatic heterocycles. The van der Waals surface area contributed by atoms with Gasteiger partial charge in [0.05, 0.1) is 21.3 Å². The quantitative estimate of drug-likeness (QED) is 0.823. The number of ether oxygens (including phenoxy) is 3. The molecule has 0 fully saturated rings. The van der Waals surface area contributed by atoms with Gasteiger partial charge in [0.2, 0.25) is 5.75 Å². The molecule has 0 bridgehead atoms. The standard InChI is InChI=1S/C15H23NO3/c1-6-16-10-11(2)9-12-7-8-13(17-3)15(19-5)14(12)18-4/h7-9,16H,6,10H2,1-5H3. The second-order valence-corrected chi connectivity index (χ2v) is 4.19. The van der Waals surface area contributed by atoms with Crippen molar-refractivity contribution in [1.29, 1.82) is 0 Å². The van der Waals surface area contributed by atoms with E-state index in [-0.39, 0.29) is 0 Å². The Kier molecular flexibility index (Phi) is 6.22. The van der Waals surface area contributed by atoms with Gasteiger partial charge in [-0.15, -0.1) is 0 Å². The molecule has 0 heterocycles. The molecule has 4 nitrogen and oxygen atoms in total. The zero-order chi connectivity index (χ0) is 14.3. The molecule has 0 saturated heterocycles. The number of nitrogens with one attached hydrogen (secondary N) is 1. The Bertz CT molecular complexity index is 441. The average molecular weight is 265 g/mol. The molecule has 19 heavy (non-hydrogen) atoms. The Labute approximate surface area is 115 Å². The summed E-state index contributed by atoms with van der Waals surface area (Å²) >= 11 is 0. The zero-order valence-corrected chi connectivity index (χ0v) is 12.4. The molecule has 0 aliphatic rings. The summed E-state index contributed by atoms with van der Waals surface area (Å²) in [6.45, 7) is 5.98. The molecular formula is C15H23NO3. The van der Waals surface area contributed by atoms with E-state index in [1.54, 1.807) is 21.3 Å². The first-order valence-electron chi connectivity index (χ1n) is 6.34. The first-order chi connectivity index (χ1) is 9.17. The van der Waals surface area contributed by atoms with E-state index in [1.165, 1.54) is 5.57 Å². The van der Waals surface area contributed by atoms with E-state index < -0.39 is 0 Å². The summed E-state index contributed by atoms with van der Waals surface area (Å²) in [5, 5.41) is 3.29. The minimum atomic E-state index is 0.620. The van der Waals surface area contributed by atoms with Crippen LogP contribution in [0.2, 0.25) is 0 Å². The van der Waals surface area contributed by atoms with Crippen LogP contribution in [0.1, 0.15) is 19.4 Å². The van der Waals surface area contributed by atoms with Crippen molar-refractivity contribution in [2.75, 3.05) is 34.4 Å². The van der Waals surface area contributed by atoms with Gasteiger partial charge in [-0.2, -0.15) is 0 Å². The molecule has 0 aliphatic heterocycles. The van der Waals surface area contributed by atoms with Gasteiger partial charge in [-0.1, -0.05) is 18.6 Å². The summed E-state index contributed by atoms with van der Waals surface area (Å²) in [6.07, 6.45) is 2.09. The van der Waals surface area contributed by atoms with E-state index in [2.05, 4.69) is 25.2 Å². The Morgan fingerprint density at radius 2 is 1.79 bits per heavy atom. The molecule has 0 amide bonds. The molecular weight excluding hydrogens is 242 g/mol. The molecule has 106 valence electrons. The third kappa shape index (κ3) is 3.89. The number of hydrogen-bond acceptors (Lipinski definition) is 4. The van der Waals surface area contributed by atoms with Crippen molar-refractivity contribution in [3.05, 3.63) is 23.3 Å². The van der Waals surface area contributed by atoms with Crippen molar-refractivity contribution in [3.8, 4) is 17.2 Å². The van der Waals surface area contributed by atoms with Gasteiger partial charge in [0, 0.05) is 12.1 Å². The van der Waals surface area contributed by atoms with Crippen molar-refractivity contribution in [2.45, 2.75) is 13.8 Å². The first-order valence-corrected chi connectivity index (χ1v) is 6.34. The molecule has 0 atom stereocenters. The van der Waals surface area contributed by atoms with Gasteiger partial charge in [-0.3, -0.25) is 0 Å². The average Bonchev–Trinajstić information content (AvgIpc) is 2.44. The number of rotatable bonds is 7. The molecule has 0 spiro atoms. The third-order valence-corrected chi connectivity index (χ3v) is 2.79. The van der Waals surface area contributed by atoms with Crippen LogP contribution < -0.4 is 19.5 Å². The highest BCUT2D eigenvalue weighted by molar-refractivity contribution is 5.67. The molecule has 0 radical (unpaired) electrons. The second kappa shape index (κ2) is 7.69. The summed E-state index contributed by atoms with van der Waals surface area (Å²) < 4.78 is 16.1. The van der Waals surface area contributed by atoms with Crippen LogP contribution in [0, 0.1) is 0 Å².